The third-order valence-electron chi connectivity index (χ3n) is 6.29. The topological polar surface area (TPSA) is 76.0 Å². The highest BCUT2D eigenvalue weighted by Gasteiger charge is 2.29. The van der Waals surface area contributed by atoms with Gasteiger partial charge in [0, 0.05) is 35.2 Å². The van der Waals surface area contributed by atoms with Crippen molar-refractivity contribution in [3.8, 4) is 11.4 Å². The van der Waals surface area contributed by atoms with Crippen LogP contribution in [0, 0.1) is 6.92 Å². The summed E-state index contributed by atoms with van der Waals surface area (Å²) in [6, 6.07) is 13.4. The van der Waals surface area contributed by atoms with Gasteiger partial charge in [-0.25, -0.2) is 4.68 Å². The summed E-state index contributed by atoms with van der Waals surface area (Å²) in [5.41, 5.74) is 4.28. The van der Waals surface area contributed by atoms with Crippen molar-refractivity contribution in [2.45, 2.75) is 25.7 Å². The Bertz CT molecular complexity index is 1290. The van der Waals surface area contributed by atoms with Gasteiger partial charge in [-0.15, -0.1) is 5.10 Å². The van der Waals surface area contributed by atoms with Crippen molar-refractivity contribution < 1.29 is 9.53 Å². The van der Waals surface area contributed by atoms with Gasteiger partial charge in [0.15, 0.2) is 5.69 Å². The summed E-state index contributed by atoms with van der Waals surface area (Å²) < 4.78 is 7.05. The Morgan fingerprint density at radius 1 is 1.19 bits per heavy atom. The van der Waals surface area contributed by atoms with E-state index in [1.165, 1.54) is 10.9 Å². The lowest BCUT2D eigenvalue weighted by Crippen LogP contribution is -2.38. The van der Waals surface area contributed by atoms with E-state index in [9.17, 15) is 4.79 Å². The van der Waals surface area contributed by atoms with Gasteiger partial charge in [-0.2, -0.15) is 0 Å². The monoisotopic (exact) mass is 449 g/mol. The van der Waals surface area contributed by atoms with Gasteiger partial charge in [0.05, 0.1) is 18.5 Å². The second kappa shape index (κ2) is 8.31. The molecule has 0 unspecified atom stereocenters. The Labute approximate surface area is 190 Å². The summed E-state index contributed by atoms with van der Waals surface area (Å²) in [4.78, 5) is 18.4. The summed E-state index contributed by atoms with van der Waals surface area (Å²) >= 11 is 6.10. The maximum Gasteiger partial charge on any atom is 0.276 e. The van der Waals surface area contributed by atoms with Gasteiger partial charge in [-0.1, -0.05) is 22.9 Å². The molecule has 1 N–H and O–H groups in total. The van der Waals surface area contributed by atoms with Crippen LogP contribution in [0.5, 0.6) is 5.75 Å². The van der Waals surface area contributed by atoms with Crippen LogP contribution in [0.1, 0.15) is 40.5 Å². The van der Waals surface area contributed by atoms with E-state index in [-0.39, 0.29) is 5.91 Å². The van der Waals surface area contributed by atoms with E-state index in [0.29, 0.717) is 35.4 Å². The number of amides is 1. The highest BCUT2D eigenvalue weighted by Crippen LogP contribution is 2.35. The molecule has 0 bridgehead atoms. The lowest BCUT2D eigenvalue weighted by Gasteiger charge is -2.31. The normalized spacial score (nSPS) is 14.8. The third kappa shape index (κ3) is 3.62. The molecular formula is C24H24ClN5O2. The fraction of sp³-hybridized carbons (Fsp3) is 0.292. The lowest BCUT2D eigenvalue weighted by atomic mass is 9.89. The lowest BCUT2D eigenvalue weighted by molar-refractivity contribution is 0.0706. The van der Waals surface area contributed by atoms with Crippen molar-refractivity contribution in [3.63, 3.8) is 0 Å². The zero-order valence-corrected chi connectivity index (χ0v) is 18.8. The molecule has 1 saturated heterocycles. The molecule has 1 aliphatic rings. The predicted molar refractivity (Wildman–Crippen MR) is 124 cm³/mol. The quantitative estimate of drug-likeness (QED) is 0.488. The number of aromatic amines is 1. The van der Waals surface area contributed by atoms with Gasteiger partial charge in [-0.3, -0.25) is 4.79 Å². The van der Waals surface area contributed by atoms with E-state index in [1.54, 1.807) is 23.9 Å². The van der Waals surface area contributed by atoms with Crippen molar-refractivity contribution in [1.82, 2.24) is 24.9 Å². The van der Waals surface area contributed by atoms with E-state index in [0.717, 1.165) is 29.8 Å². The number of piperidine rings is 1. The van der Waals surface area contributed by atoms with Crippen LogP contribution in [0.4, 0.5) is 0 Å². The minimum absolute atomic E-state index is 0.0742. The number of nitrogens with zero attached hydrogens (tertiary/aromatic N) is 4. The van der Waals surface area contributed by atoms with Crippen molar-refractivity contribution in [3.05, 3.63) is 70.6 Å². The summed E-state index contributed by atoms with van der Waals surface area (Å²) in [5.74, 6) is 1.17. The molecule has 32 heavy (non-hydrogen) atoms. The van der Waals surface area contributed by atoms with Crippen LogP contribution >= 0.6 is 11.6 Å². The molecule has 7 nitrogen and oxygen atoms in total. The maximum absolute atomic E-state index is 13.2. The summed E-state index contributed by atoms with van der Waals surface area (Å²) in [7, 11) is 1.68. The Hall–Kier alpha value is -3.32. The Morgan fingerprint density at radius 3 is 2.75 bits per heavy atom. The van der Waals surface area contributed by atoms with Gasteiger partial charge in [0.25, 0.3) is 5.91 Å². The standard InChI is InChI=1S/C24H24ClN5O2/c1-15-23(27-28-30(15)18-5-3-4-17(25)12-18)24(31)29-10-8-16(9-11-29)21-14-26-22-7-6-19(32-2)13-20(21)22/h3-7,12-14,16,26H,8-11H2,1-2H3. The first kappa shape index (κ1) is 20.6. The first-order chi connectivity index (χ1) is 15.5. The van der Waals surface area contributed by atoms with Crippen LogP contribution in [-0.4, -0.2) is 51.0 Å². The van der Waals surface area contributed by atoms with Gasteiger partial charge >= 0.3 is 0 Å². The number of nitrogens with one attached hydrogen (secondary N) is 1. The fourth-order valence-corrected chi connectivity index (χ4v) is 4.69. The van der Waals surface area contributed by atoms with Crippen molar-refractivity contribution in [2.75, 3.05) is 20.2 Å². The number of hydrogen-bond donors (Lipinski definition) is 1. The van der Waals surface area contributed by atoms with E-state index in [4.69, 9.17) is 16.3 Å². The van der Waals surface area contributed by atoms with Gasteiger partial charge < -0.3 is 14.6 Å². The van der Waals surface area contributed by atoms with Crippen LogP contribution in [-0.2, 0) is 0 Å². The molecule has 164 valence electrons. The number of hydrogen-bond acceptors (Lipinski definition) is 4. The molecule has 1 aliphatic heterocycles. The summed E-state index contributed by atoms with van der Waals surface area (Å²) in [6.07, 6.45) is 3.89. The molecule has 5 rings (SSSR count). The number of ether oxygens (including phenoxy) is 1. The van der Waals surface area contributed by atoms with Crippen LogP contribution in [0.25, 0.3) is 16.6 Å². The number of methoxy groups -OCH3 is 1. The van der Waals surface area contributed by atoms with Crippen molar-refractivity contribution in [2.24, 2.45) is 0 Å². The molecule has 8 heteroatoms. The highest BCUT2D eigenvalue weighted by atomic mass is 35.5. The SMILES string of the molecule is COc1ccc2[nH]cc(C3CCN(C(=O)c4nnn(-c5cccc(Cl)c5)c4C)CC3)c2c1. The largest absolute Gasteiger partial charge is 0.497 e. The second-order valence-corrected chi connectivity index (χ2v) is 8.57. The van der Waals surface area contributed by atoms with Crippen LogP contribution < -0.4 is 4.74 Å². The molecule has 2 aromatic carbocycles. The molecule has 0 saturated carbocycles. The Kier molecular flexibility index (Phi) is 5.35. The van der Waals surface area contributed by atoms with Gasteiger partial charge in [0.2, 0.25) is 0 Å². The summed E-state index contributed by atoms with van der Waals surface area (Å²) in [6.45, 7) is 3.23. The number of H-pyrrole nitrogens is 1. The van der Waals surface area contributed by atoms with Gasteiger partial charge in [-0.05, 0) is 67.6 Å². The Balaban J connectivity index is 1.31. The first-order valence-electron chi connectivity index (χ1n) is 10.7. The third-order valence-corrected chi connectivity index (χ3v) is 6.53. The summed E-state index contributed by atoms with van der Waals surface area (Å²) in [5, 5.41) is 10.2. The molecule has 4 aromatic rings. The van der Waals surface area contributed by atoms with Crippen LogP contribution in [0.3, 0.4) is 0 Å². The number of carbonyl (C=O) groups is 1. The van der Waals surface area contributed by atoms with E-state index >= 15 is 0 Å². The molecular weight excluding hydrogens is 426 g/mol. The second-order valence-electron chi connectivity index (χ2n) is 8.14. The molecule has 0 atom stereocenters. The van der Waals surface area contributed by atoms with E-state index in [1.807, 2.05) is 36.1 Å². The molecule has 2 aromatic heterocycles. The van der Waals surface area contributed by atoms with Crippen molar-refractivity contribution in [1.29, 1.82) is 0 Å². The number of likely N-dealkylation sites (tertiary alicyclic amines) is 1. The number of fused-ring (bicyclic) bond motifs is 1. The molecule has 1 amide bonds. The number of aromatic nitrogens is 4. The average Bonchev–Trinajstić information content (AvgIpc) is 3.41. The first-order valence-corrected chi connectivity index (χ1v) is 11.1. The number of rotatable bonds is 4. The predicted octanol–water partition coefficient (Wildman–Crippen LogP) is 4.74. The molecule has 0 aliphatic carbocycles. The number of carbonyl (C=O) groups excluding carboxylic acids is 1. The zero-order chi connectivity index (χ0) is 22.2. The number of benzene rings is 2. The minimum Gasteiger partial charge on any atom is -0.497 e. The average molecular weight is 450 g/mol. The molecule has 3 heterocycles. The molecule has 0 spiro atoms. The van der Waals surface area contributed by atoms with E-state index in [2.05, 4.69) is 27.6 Å². The Morgan fingerprint density at radius 2 is 2.00 bits per heavy atom. The zero-order valence-electron chi connectivity index (χ0n) is 18.0. The maximum atomic E-state index is 13.2. The molecule has 1 fully saturated rings. The smallest absolute Gasteiger partial charge is 0.276 e. The number of halogens is 1. The van der Waals surface area contributed by atoms with E-state index < -0.39 is 0 Å². The van der Waals surface area contributed by atoms with Crippen LogP contribution in [0.15, 0.2) is 48.7 Å². The van der Waals surface area contributed by atoms with Crippen molar-refractivity contribution >= 4 is 28.4 Å². The minimum atomic E-state index is -0.0742. The highest BCUT2D eigenvalue weighted by molar-refractivity contribution is 6.30. The molecule has 0 radical (unpaired) electrons. The van der Waals surface area contributed by atoms with Gasteiger partial charge in [0.1, 0.15) is 5.75 Å². The fourth-order valence-electron chi connectivity index (χ4n) is 4.51. The van der Waals surface area contributed by atoms with Crippen LogP contribution in [0.2, 0.25) is 5.02 Å².